The number of rotatable bonds is 1. The predicted molar refractivity (Wildman–Crippen MR) is 57.8 cm³/mol. The minimum Gasteiger partial charge on any atom is -0.368 e. The molecule has 0 spiro atoms. The van der Waals surface area contributed by atoms with Gasteiger partial charge in [0, 0.05) is 12.5 Å². The van der Waals surface area contributed by atoms with E-state index in [0.29, 0.717) is 16.8 Å². The van der Waals surface area contributed by atoms with Crippen molar-refractivity contribution in [3.8, 4) is 11.8 Å². The largest absolute Gasteiger partial charge is 0.368 e. The number of nitrogens with two attached hydrogens (primary N) is 1. The quantitative estimate of drug-likeness (QED) is 0.569. The first-order valence-electron chi connectivity index (χ1n) is 4.37. The monoisotopic (exact) mass is 209 g/mol. The van der Waals surface area contributed by atoms with Crippen LogP contribution in [0.15, 0.2) is 6.07 Å². The minimum atomic E-state index is 0.159. The van der Waals surface area contributed by atoms with Gasteiger partial charge in [0.15, 0.2) is 0 Å². The fraction of sp³-hybridized carbons (Fsp3) is 0.400. The Morgan fingerprint density at radius 1 is 1.50 bits per heavy atom. The summed E-state index contributed by atoms with van der Waals surface area (Å²) in [5.41, 5.74) is 5.99. The van der Waals surface area contributed by atoms with Crippen molar-refractivity contribution in [2.24, 2.45) is 5.92 Å². The second-order valence-electron chi connectivity index (χ2n) is 3.33. The van der Waals surface area contributed by atoms with Gasteiger partial charge in [0.2, 0.25) is 5.95 Å². The predicted octanol–water partition coefficient (Wildman–Crippen LogP) is 2.11. The van der Waals surface area contributed by atoms with E-state index in [9.17, 15) is 0 Å². The lowest BCUT2D eigenvalue weighted by Gasteiger charge is -1.95. The van der Waals surface area contributed by atoms with E-state index >= 15 is 0 Å². The van der Waals surface area contributed by atoms with Crippen molar-refractivity contribution in [3.63, 3.8) is 0 Å². The standard InChI is InChI=1S/C10H12ClN3/c1-7(2)4-3-5-8-6-9(11)14-10(12)13-8/h6-7H,4H2,1-2H3,(H2,12,13,14). The van der Waals surface area contributed by atoms with Crippen LogP contribution >= 0.6 is 11.6 Å². The molecule has 3 nitrogen and oxygen atoms in total. The van der Waals surface area contributed by atoms with Gasteiger partial charge in [0.1, 0.15) is 10.8 Å². The highest BCUT2D eigenvalue weighted by atomic mass is 35.5. The van der Waals surface area contributed by atoms with Gasteiger partial charge in [0.25, 0.3) is 0 Å². The fourth-order valence-electron chi connectivity index (χ4n) is 0.845. The molecule has 0 atom stereocenters. The van der Waals surface area contributed by atoms with Gasteiger partial charge in [-0.05, 0) is 11.8 Å². The summed E-state index contributed by atoms with van der Waals surface area (Å²) in [4.78, 5) is 7.68. The highest BCUT2D eigenvalue weighted by Crippen LogP contribution is 2.07. The maximum absolute atomic E-state index is 5.69. The Labute approximate surface area is 88.7 Å². The summed E-state index contributed by atoms with van der Waals surface area (Å²) in [6.45, 7) is 4.21. The van der Waals surface area contributed by atoms with Crippen LogP contribution in [0, 0.1) is 17.8 Å². The first-order valence-corrected chi connectivity index (χ1v) is 4.74. The lowest BCUT2D eigenvalue weighted by molar-refractivity contribution is 0.676. The molecule has 1 aromatic rings. The molecule has 0 aliphatic carbocycles. The zero-order chi connectivity index (χ0) is 10.6. The second-order valence-corrected chi connectivity index (χ2v) is 3.72. The summed E-state index contributed by atoms with van der Waals surface area (Å²) in [5.74, 6) is 6.60. The SMILES string of the molecule is CC(C)CC#Cc1cc(Cl)nc(N)n1. The first kappa shape index (κ1) is 10.8. The van der Waals surface area contributed by atoms with Crippen LogP contribution in [0.2, 0.25) is 5.15 Å². The molecule has 0 radical (unpaired) electrons. The van der Waals surface area contributed by atoms with Gasteiger partial charge in [-0.15, -0.1) is 0 Å². The van der Waals surface area contributed by atoms with Crippen LogP contribution in [0.1, 0.15) is 26.0 Å². The van der Waals surface area contributed by atoms with Crippen molar-refractivity contribution in [2.75, 3.05) is 5.73 Å². The Bertz CT molecular complexity index is 356. The Kier molecular flexibility index (Phi) is 3.73. The molecule has 0 saturated heterocycles. The van der Waals surface area contributed by atoms with Crippen LogP contribution in [-0.2, 0) is 0 Å². The molecule has 0 amide bonds. The lowest BCUT2D eigenvalue weighted by Crippen LogP contribution is -1.96. The van der Waals surface area contributed by atoms with Crippen molar-refractivity contribution in [1.29, 1.82) is 0 Å². The number of aromatic nitrogens is 2. The molecular weight excluding hydrogens is 198 g/mol. The molecule has 0 aliphatic rings. The second kappa shape index (κ2) is 4.83. The number of nitrogen functional groups attached to an aromatic ring is 1. The van der Waals surface area contributed by atoms with E-state index < -0.39 is 0 Å². The first-order chi connectivity index (χ1) is 6.58. The van der Waals surface area contributed by atoms with Crippen LogP contribution in [0.3, 0.4) is 0 Å². The summed E-state index contributed by atoms with van der Waals surface area (Å²) >= 11 is 5.69. The van der Waals surface area contributed by atoms with Gasteiger partial charge in [0.05, 0.1) is 0 Å². The zero-order valence-corrected chi connectivity index (χ0v) is 8.97. The summed E-state index contributed by atoms with van der Waals surface area (Å²) in [6.07, 6.45) is 0.835. The third-order valence-electron chi connectivity index (χ3n) is 1.44. The number of hydrogen-bond donors (Lipinski definition) is 1. The third-order valence-corrected chi connectivity index (χ3v) is 1.63. The number of hydrogen-bond acceptors (Lipinski definition) is 3. The molecule has 74 valence electrons. The molecule has 0 fully saturated rings. The molecule has 0 aromatic carbocycles. The van der Waals surface area contributed by atoms with Gasteiger partial charge in [-0.3, -0.25) is 0 Å². The van der Waals surface area contributed by atoms with E-state index in [0.717, 1.165) is 6.42 Å². The van der Waals surface area contributed by atoms with Crippen molar-refractivity contribution in [1.82, 2.24) is 9.97 Å². The Hall–Kier alpha value is -1.27. The van der Waals surface area contributed by atoms with E-state index in [1.807, 2.05) is 0 Å². The van der Waals surface area contributed by atoms with Crippen LogP contribution in [-0.4, -0.2) is 9.97 Å². The summed E-state index contributed by atoms with van der Waals surface area (Å²) < 4.78 is 0. The summed E-state index contributed by atoms with van der Waals surface area (Å²) in [5, 5.41) is 0.325. The topological polar surface area (TPSA) is 51.8 Å². The van der Waals surface area contributed by atoms with Crippen LogP contribution in [0.4, 0.5) is 5.95 Å². The molecule has 2 N–H and O–H groups in total. The summed E-state index contributed by atoms with van der Waals surface area (Å²) in [6, 6.07) is 1.60. The number of halogens is 1. The number of nitrogens with zero attached hydrogens (tertiary/aromatic N) is 2. The van der Waals surface area contributed by atoms with E-state index in [1.165, 1.54) is 0 Å². The van der Waals surface area contributed by atoms with Crippen molar-refractivity contribution in [2.45, 2.75) is 20.3 Å². The van der Waals surface area contributed by atoms with Gasteiger partial charge in [-0.1, -0.05) is 31.4 Å². The molecule has 0 bridgehead atoms. The van der Waals surface area contributed by atoms with Gasteiger partial charge < -0.3 is 5.73 Å². The Balaban J connectivity index is 2.79. The average Bonchev–Trinajstić information content (AvgIpc) is 2.01. The van der Waals surface area contributed by atoms with Crippen molar-refractivity contribution >= 4 is 17.5 Å². The average molecular weight is 210 g/mol. The number of anilines is 1. The van der Waals surface area contributed by atoms with Crippen LogP contribution in [0.5, 0.6) is 0 Å². The van der Waals surface area contributed by atoms with Crippen molar-refractivity contribution < 1.29 is 0 Å². The Morgan fingerprint density at radius 2 is 2.21 bits per heavy atom. The molecular formula is C10H12ClN3. The highest BCUT2D eigenvalue weighted by molar-refractivity contribution is 6.29. The van der Waals surface area contributed by atoms with Gasteiger partial charge in [-0.2, -0.15) is 0 Å². The molecule has 4 heteroatoms. The third kappa shape index (κ3) is 3.63. The van der Waals surface area contributed by atoms with Crippen LogP contribution < -0.4 is 5.73 Å². The van der Waals surface area contributed by atoms with E-state index in [4.69, 9.17) is 17.3 Å². The normalized spacial score (nSPS) is 9.71. The van der Waals surface area contributed by atoms with E-state index in [1.54, 1.807) is 6.07 Å². The fourth-order valence-corrected chi connectivity index (χ4v) is 1.03. The molecule has 0 aliphatic heterocycles. The van der Waals surface area contributed by atoms with Gasteiger partial charge >= 0.3 is 0 Å². The lowest BCUT2D eigenvalue weighted by atomic mass is 10.1. The van der Waals surface area contributed by atoms with E-state index in [-0.39, 0.29) is 5.95 Å². The molecule has 1 rings (SSSR count). The van der Waals surface area contributed by atoms with Gasteiger partial charge in [-0.25, -0.2) is 9.97 Å². The smallest absolute Gasteiger partial charge is 0.222 e. The maximum Gasteiger partial charge on any atom is 0.222 e. The molecule has 0 saturated carbocycles. The molecule has 0 unspecified atom stereocenters. The van der Waals surface area contributed by atoms with E-state index in [2.05, 4.69) is 35.7 Å². The van der Waals surface area contributed by atoms with Crippen molar-refractivity contribution in [3.05, 3.63) is 16.9 Å². The van der Waals surface area contributed by atoms with Crippen LogP contribution in [0.25, 0.3) is 0 Å². The molecule has 1 aromatic heterocycles. The minimum absolute atomic E-state index is 0.159. The Morgan fingerprint density at radius 3 is 2.79 bits per heavy atom. The molecule has 14 heavy (non-hydrogen) atoms. The highest BCUT2D eigenvalue weighted by Gasteiger charge is 1.96. The zero-order valence-electron chi connectivity index (χ0n) is 8.21. The maximum atomic E-state index is 5.69. The molecule has 1 heterocycles. The summed E-state index contributed by atoms with van der Waals surface area (Å²) in [7, 11) is 0.